The van der Waals surface area contributed by atoms with Gasteiger partial charge in [0.25, 0.3) is 0 Å². The Hall–Kier alpha value is -0.860. The molecule has 1 aromatic carbocycles. The number of nitrogens with zero attached hydrogens (tertiary/aromatic N) is 1. The van der Waals surface area contributed by atoms with E-state index < -0.39 is 0 Å². The standard InChI is InChI=1S/C13H21NO/c1-9-7-8-12(11(3)10(9)2)13(15-6)14(4)5/h7-8,13H,1-6H3. The van der Waals surface area contributed by atoms with E-state index in [9.17, 15) is 0 Å². The fourth-order valence-corrected chi connectivity index (χ4v) is 1.86. The molecule has 0 heterocycles. The van der Waals surface area contributed by atoms with Gasteiger partial charge in [-0.25, -0.2) is 0 Å². The van der Waals surface area contributed by atoms with Gasteiger partial charge in [0.1, 0.15) is 6.23 Å². The van der Waals surface area contributed by atoms with Crippen LogP contribution in [0.1, 0.15) is 28.5 Å². The van der Waals surface area contributed by atoms with Crippen LogP contribution in [0.4, 0.5) is 0 Å². The first-order valence-corrected chi connectivity index (χ1v) is 5.25. The van der Waals surface area contributed by atoms with Gasteiger partial charge in [-0.2, -0.15) is 0 Å². The Labute approximate surface area is 92.9 Å². The zero-order valence-electron chi connectivity index (χ0n) is 10.6. The highest BCUT2D eigenvalue weighted by Gasteiger charge is 2.16. The monoisotopic (exact) mass is 207 g/mol. The highest BCUT2D eigenvalue weighted by Crippen LogP contribution is 2.26. The maximum absolute atomic E-state index is 5.50. The molecular formula is C13H21NO. The second kappa shape index (κ2) is 4.77. The summed E-state index contributed by atoms with van der Waals surface area (Å²) in [5.74, 6) is 0. The highest BCUT2D eigenvalue weighted by molar-refractivity contribution is 5.39. The molecule has 0 amide bonds. The maximum atomic E-state index is 5.50. The Morgan fingerprint density at radius 1 is 1.07 bits per heavy atom. The van der Waals surface area contributed by atoms with Crippen molar-refractivity contribution in [2.45, 2.75) is 27.0 Å². The van der Waals surface area contributed by atoms with Gasteiger partial charge in [0.15, 0.2) is 0 Å². The van der Waals surface area contributed by atoms with Crippen LogP contribution in [0.2, 0.25) is 0 Å². The summed E-state index contributed by atoms with van der Waals surface area (Å²) in [6, 6.07) is 4.32. The molecule has 0 saturated carbocycles. The van der Waals surface area contributed by atoms with Gasteiger partial charge in [-0.3, -0.25) is 4.90 Å². The molecule has 0 N–H and O–H groups in total. The summed E-state index contributed by atoms with van der Waals surface area (Å²) < 4.78 is 5.50. The average Bonchev–Trinajstić information content (AvgIpc) is 2.18. The predicted molar refractivity (Wildman–Crippen MR) is 64.1 cm³/mol. The quantitative estimate of drug-likeness (QED) is 0.707. The van der Waals surface area contributed by atoms with E-state index in [4.69, 9.17) is 4.74 Å². The van der Waals surface area contributed by atoms with E-state index in [-0.39, 0.29) is 6.23 Å². The molecule has 1 aromatic rings. The normalized spacial score (nSPS) is 13.3. The number of rotatable bonds is 3. The Kier molecular flexibility index (Phi) is 3.89. The average molecular weight is 207 g/mol. The molecule has 0 radical (unpaired) electrons. The van der Waals surface area contributed by atoms with Crippen molar-refractivity contribution >= 4 is 0 Å². The minimum atomic E-state index is 0.0456. The number of ether oxygens (including phenoxy) is 1. The molecule has 1 rings (SSSR count). The van der Waals surface area contributed by atoms with E-state index >= 15 is 0 Å². The third-order valence-electron chi connectivity index (χ3n) is 3.06. The first-order valence-electron chi connectivity index (χ1n) is 5.25. The molecule has 0 aromatic heterocycles. The van der Waals surface area contributed by atoms with Gasteiger partial charge in [-0.15, -0.1) is 0 Å². The van der Waals surface area contributed by atoms with Crippen LogP contribution in [0.5, 0.6) is 0 Å². The van der Waals surface area contributed by atoms with Crippen LogP contribution in [0, 0.1) is 20.8 Å². The van der Waals surface area contributed by atoms with Crippen molar-refractivity contribution < 1.29 is 4.74 Å². The largest absolute Gasteiger partial charge is 0.362 e. The first-order chi connectivity index (χ1) is 6.99. The topological polar surface area (TPSA) is 12.5 Å². The van der Waals surface area contributed by atoms with Gasteiger partial charge in [-0.1, -0.05) is 12.1 Å². The van der Waals surface area contributed by atoms with Crippen LogP contribution in [0.3, 0.4) is 0 Å². The number of hydrogen-bond donors (Lipinski definition) is 0. The third-order valence-corrected chi connectivity index (χ3v) is 3.06. The molecule has 0 aliphatic heterocycles. The molecule has 1 unspecified atom stereocenters. The van der Waals surface area contributed by atoms with E-state index in [2.05, 4.69) is 37.8 Å². The lowest BCUT2D eigenvalue weighted by Crippen LogP contribution is -2.22. The van der Waals surface area contributed by atoms with Crippen molar-refractivity contribution in [3.05, 3.63) is 34.4 Å². The number of methoxy groups -OCH3 is 1. The molecule has 0 saturated heterocycles. The minimum Gasteiger partial charge on any atom is -0.362 e. The van der Waals surface area contributed by atoms with Crippen molar-refractivity contribution in [3.8, 4) is 0 Å². The van der Waals surface area contributed by atoms with Gasteiger partial charge >= 0.3 is 0 Å². The van der Waals surface area contributed by atoms with Crippen LogP contribution in [0.15, 0.2) is 12.1 Å². The van der Waals surface area contributed by atoms with Crippen molar-refractivity contribution in [1.82, 2.24) is 4.90 Å². The minimum absolute atomic E-state index is 0.0456. The fourth-order valence-electron chi connectivity index (χ4n) is 1.86. The van der Waals surface area contributed by atoms with Gasteiger partial charge in [0.2, 0.25) is 0 Å². The lowest BCUT2D eigenvalue weighted by atomic mass is 9.97. The Morgan fingerprint density at radius 3 is 2.13 bits per heavy atom. The second-order valence-electron chi connectivity index (χ2n) is 4.27. The van der Waals surface area contributed by atoms with Crippen LogP contribution in [-0.4, -0.2) is 26.1 Å². The van der Waals surface area contributed by atoms with Crippen molar-refractivity contribution in [2.24, 2.45) is 0 Å². The van der Waals surface area contributed by atoms with Crippen LogP contribution in [0.25, 0.3) is 0 Å². The van der Waals surface area contributed by atoms with Crippen molar-refractivity contribution in [3.63, 3.8) is 0 Å². The van der Waals surface area contributed by atoms with E-state index in [0.29, 0.717) is 0 Å². The van der Waals surface area contributed by atoms with Crippen molar-refractivity contribution in [1.29, 1.82) is 0 Å². The lowest BCUT2D eigenvalue weighted by molar-refractivity contribution is -0.00589. The summed E-state index contributed by atoms with van der Waals surface area (Å²) >= 11 is 0. The van der Waals surface area contributed by atoms with Crippen LogP contribution < -0.4 is 0 Å². The highest BCUT2D eigenvalue weighted by atomic mass is 16.5. The Morgan fingerprint density at radius 2 is 1.67 bits per heavy atom. The molecule has 84 valence electrons. The Balaban J connectivity index is 3.19. The molecule has 0 aliphatic carbocycles. The van der Waals surface area contributed by atoms with E-state index in [1.165, 1.54) is 22.3 Å². The molecule has 1 atom stereocenters. The second-order valence-corrected chi connectivity index (χ2v) is 4.27. The number of benzene rings is 1. The summed E-state index contributed by atoms with van der Waals surface area (Å²) in [7, 11) is 5.81. The molecule has 0 spiro atoms. The molecule has 2 nitrogen and oxygen atoms in total. The number of aryl methyl sites for hydroxylation is 1. The zero-order valence-corrected chi connectivity index (χ0v) is 10.6. The molecule has 2 heteroatoms. The van der Waals surface area contributed by atoms with Crippen LogP contribution >= 0.6 is 0 Å². The van der Waals surface area contributed by atoms with Gasteiger partial charge in [-0.05, 0) is 57.1 Å². The lowest BCUT2D eigenvalue weighted by Gasteiger charge is -2.25. The molecule has 0 fully saturated rings. The SMILES string of the molecule is COC(c1ccc(C)c(C)c1C)N(C)C. The number of hydrogen-bond acceptors (Lipinski definition) is 2. The third kappa shape index (κ3) is 2.39. The van der Waals surface area contributed by atoms with Crippen molar-refractivity contribution in [2.75, 3.05) is 21.2 Å². The van der Waals surface area contributed by atoms with E-state index in [1.54, 1.807) is 7.11 Å². The molecule has 0 bridgehead atoms. The molecular weight excluding hydrogens is 186 g/mol. The molecule has 15 heavy (non-hydrogen) atoms. The maximum Gasteiger partial charge on any atom is 0.136 e. The summed E-state index contributed by atoms with van der Waals surface area (Å²) in [6.45, 7) is 6.47. The molecule has 0 aliphatic rings. The predicted octanol–water partition coefficient (Wildman–Crippen LogP) is 2.82. The summed E-state index contributed by atoms with van der Waals surface area (Å²) in [5, 5.41) is 0. The summed E-state index contributed by atoms with van der Waals surface area (Å²) in [4.78, 5) is 2.08. The van der Waals surface area contributed by atoms with Gasteiger partial charge in [0, 0.05) is 7.11 Å². The zero-order chi connectivity index (χ0) is 11.6. The van der Waals surface area contributed by atoms with E-state index in [0.717, 1.165) is 0 Å². The van der Waals surface area contributed by atoms with Crippen LogP contribution in [-0.2, 0) is 4.74 Å². The first kappa shape index (κ1) is 12.2. The summed E-state index contributed by atoms with van der Waals surface area (Å²) in [5.41, 5.74) is 5.28. The fraction of sp³-hybridized carbons (Fsp3) is 0.538. The van der Waals surface area contributed by atoms with Gasteiger partial charge in [0.05, 0.1) is 0 Å². The van der Waals surface area contributed by atoms with Gasteiger partial charge < -0.3 is 4.74 Å². The smallest absolute Gasteiger partial charge is 0.136 e. The summed E-state index contributed by atoms with van der Waals surface area (Å²) in [6.07, 6.45) is 0.0456. The van der Waals surface area contributed by atoms with E-state index in [1.807, 2.05) is 14.1 Å². The Bertz CT molecular complexity index is 345.